The van der Waals surface area contributed by atoms with Gasteiger partial charge >= 0.3 is 12.1 Å². The number of likely N-dealkylation sites (tertiary alicyclic amines) is 2. The van der Waals surface area contributed by atoms with Gasteiger partial charge in [0.05, 0.1) is 17.4 Å². The van der Waals surface area contributed by atoms with Crippen molar-refractivity contribution < 1.29 is 19.1 Å². The molecule has 11 nitrogen and oxygen atoms in total. The Morgan fingerprint density at radius 3 is 2.40 bits per heavy atom. The van der Waals surface area contributed by atoms with Crippen molar-refractivity contribution in [2.75, 3.05) is 51.1 Å². The SMILES string of the molecule is Cc1cc([C@@H](C)C(OC(=O)N2CCC(N3CCc4ccccc4NC3=O)CC2)C(=O)N2CCC(C3CCNCC3)CC2)cc2[nH]cnc12. The van der Waals surface area contributed by atoms with Gasteiger partial charge < -0.3 is 35.1 Å². The molecular formula is C37H49N7O4. The summed E-state index contributed by atoms with van der Waals surface area (Å²) >= 11 is 0. The lowest BCUT2D eigenvalue weighted by molar-refractivity contribution is -0.143. The number of hydrogen-bond acceptors (Lipinski definition) is 6. The average molecular weight is 656 g/mol. The molecule has 2 aromatic carbocycles. The molecule has 0 aliphatic carbocycles. The van der Waals surface area contributed by atoms with Crippen LogP contribution in [0.15, 0.2) is 42.7 Å². The largest absolute Gasteiger partial charge is 0.435 e. The lowest BCUT2D eigenvalue weighted by Crippen LogP contribution is -2.52. The number of rotatable bonds is 6. The van der Waals surface area contributed by atoms with Crippen LogP contribution in [0.3, 0.4) is 0 Å². The van der Waals surface area contributed by atoms with Crippen LogP contribution in [0.2, 0.25) is 0 Å². The number of carbonyl (C=O) groups excluding carboxylic acids is 3. The molecule has 11 heteroatoms. The number of nitrogens with zero attached hydrogens (tertiary/aromatic N) is 4. The fourth-order valence-electron chi connectivity index (χ4n) is 8.43. The molecule has 3 fully saturated rings. The van der Waals surface area contributed by atoms with Crippen LogP contribution in [0, 0.1) is 18.8 Å². The third kappa shape index (κ3) is 6.74. The third-order valence-electron chi connectivity index (χ3n) is 11.4. The number of aromatic amines is 1. The highest BCUT2D eigenvalue weighted by atomic mass is 16.6. The molecule has 1 aromatic heterocycles. The summed E-state index contributed by atoms with van der Waals surface area (Å²) in [6.07, 6.45) is 6.78. The van der Waals surface area contributed by atoms with Crippen LogP contribution in [0.5, 0.6) is 0 Å². The number of anilines is 1. The Balaban J connectivity index is 1.02. The number of H-pyrrole nitrogens is 1. The standard InChI is InChI=1S/C37H49N7O4/c1-24-21-29(22-32-33(24)40-23-39-32)25(2)34(35(45)42-16-9-27(10-17-42)26-7-14-38-15-8-26)48-37(47)43-18-12-30(13-19-43)44-20-11-28-5-3-4-6-31(28)41-36(44)46/h3-6,21-23,25-27,30,34,38H,7-20H2,1-2H3,(H,39,40)(H,41,46)/t25-,34?/m1/s1. The van der Waals surface area contributed by atoms with E-state index in [1.54, 1.807) is 11.2 Å². The predicted molar refractivity (Wildman–Crippen MR) is 185 cm³/mol. The van der Waals surface area contributed by atoms with Crippen LogP contribution in [-0.2, 0) is 16.0 Å². The molecule has 1 unspecified atom stereocenters. The van der Waals surface area contributed by atoms with Crippen molar-refractivity contribution in [2.45, 2.75) is 76.9 Å². The Kier molecular flexibility index (Phi) is 9.57. The van der Waals surface area contributed by atoms with E-state index < -0.39 is 12.2 Å². The molecule has 2 atom stereocenters. The second-order valence-electron chi connectivity index (χ2n) is 14.2. The number of nitrogens with one attached hydrogen (secondary N) is 3. The van der Waals surface area contributed by atoms with Crippen LogP contribution in [0.25, 0.3) is 11.0 Å². The van der Waals surface area contributed by atoms with E-state index in [4.69, 9.17) is 4.74 Å². The minimum Gasteiger partial charge on any atom is -0.435 e. The van der Waals surface area contributed by atoms with Crippen molar-refractivity contribution in [1.82, 2.24) is 30.0 Å². The zero-order chi connectivity index (χ0) is 33.2. The Labute approximate surface area is 282 Å². The molecule has 3 N–H and O–H groups in total. The van der Waals surface area contributed by atoms with Crippen molar-refractivity contribution in [3.63, 3.8) is 0 Å². The van der Waals surface area contributed by atoms with Gasteiger partial charge in [-0.2, -0.15) is 0 Å². The predicted octanol–water partition coefficient (Wildman–Crippen LogP) is 5.27. The molecule has 0 saturated carbocycles. The van der Waals surface area contributed by atoms with Gasteiger partial charge in [-0.3, -0.25) is 4.79 Å². The topological polar surface area (TPSA) is 123 Å². The third-order valence-corrected chi connectivity index (χ3v) is 11.4. The zero-order valence-corrected chi connectivity index (χ0v) is 28.2. The first-order chi connectivity index (χ1) is 23.4. The summed E-state index contributed by atoms with van der Waals surface area (Å²) in [6, 6.07) is 12.0. The molecule has 256 valence electrons. The molecule has 48 heavy (non-hydrogen) atoms. The molecule has 4 aliphatic rings. The molecule has 0 bridgehead atoms. The molecule has 4 amide bonds. The number of benzene rings is 2. The molecule has 4 aliphatic heterocycles. The number of hydrogen-bond donors (Lipinski definition) is 3. The fraction of sp³-hybridized carbons (Fsp3) is 0.568. The lowest BCUT2D eigenvalue weighted by Gasteiger charge is -2.40. The fourth-order valence-corrected chi connectivity index (χ4v) is 8.43. The van der Waals surface area contributed by atoms with Gasteiger partial charge in [0.2, 0.25) is 0 Å². The van der Waals surface area contributed by atoms with Crippen molar-refractivity contribution in [2.24, 2.45) is 11.8 Å². The van der Waals surface area contributed by atoms with E-state index in [0.29, 0.717) is 51.5 Å². The number of fused-ring (bicyclic) bond motifs is 2. The highest BCUT2D eigenvalue weighted by Gasteiger charge is 2.39. The maximum atomic E-state index is 14.3. The van der Waals surface area contributed by atoms with Gasteiger partial charge in [0, 0.05) is 50.4 Å². The Bertz CT molecular complexity index is 1620. The first-order valence-electron chi connectivity index (χ1n) is 17.9. The maximum absolute atomic E-state index is 14.3. The van der Waals surface area contributed by atoms with E-state index in [-0.39, 0.29) is 23.9 Å². The summed E-state index contributed by atoms with van der Waals surface area (Å²) in [6.45, 7) is 9.12. The average Bonchev–Trinajstić information content (AvgIpc) is 3.54. The number of aryl methyl sites for hydroxylation is 1. The van der Waals surface area contributed by atoms with E-state index >= 15 is 0 Å². The smallest absolute Gasteiger partial charge is 0.410 e. The molecular weight excluding hydrogens is 606 g/mol. The number of amides is 4. The molecule has 3 saturated heterocycles. The van der Waals surface area contributed by atoms with Crippen LogP contribution in [0.4, 0.5) is 15.3 Å². The van der Waals surface area contributed by atoms with Crippen LogP contribution in [-0.4, -0.2) is 101 Å². The molecule has 0 spiro atoms. The summed E-state index contributed by atoms with van der Waals surface area (Å²) in [7, 11) is 0. The van der Waals surface area contributed by atoms with E-state index in [2.05, 4.69) is 32.7 Å². The normalized spacial score (nSPS) is 21.4. The van der Waals surface area contributed by atoms with Crippen LogP contribution in [0.1, 0.15) is 68.1 Å². The maximum Gasteiger partial charge on any atom is 0.410 e. The van der Waals surface area contributed by atoms with Gasteiger partial charge in [-0.15, -0.1) is 0 Å². The molecule has 7 rings (SSSR count). The summed E-state index contributed by atoms with van der Waals surface area (Å²) in [5, 5.41) is 6.53. The van der Waals surface area contributed by atoms with E-state index in [0.717, 1.165) is 71.7 Å². The zero-order valence-electron chi connectivity index (χ0n) is 28.2. The summed E-state index contributed by atoms with van der Waals surface area (Å²) in [4.78, 5) is 54.4. The molecule has 0 radical (unpaired) electrons. The summed E-state index contributed by atoms with van der Waals surface area (Å²) in [5.74, 6) is 0.896. The monoisotopic (exact) mass is 655 g/mol. The van der Waals surface area contributed by atoms with E-state index in [1.807, 2.05) is 47.9 Å². The Hall–Kier alpha value is -4.12. The van der Waals surface area contributed by atoms with Gasteiger partial charge in [-0.1, -0.05) is 31.2 Å². The van der Waals surface area contributed by atoms with Crippen molar-refractivity contribution in [3.8, 4) is 0 Å². The molecule has 3 aromatic rings. The minimum atomic E-state index is -0.944. The van der Waals surface area contributed by atoms with Crippen LogP contribution >= 0.6 is 0 Å². The van der Waals surface area contributed by atoms with E-state index in [1.165, 1.54) is 12.8 Å². The quantitative estimate of drug-likeness (QED) is 0.333. The number of ether oxygens (including phenoxy) is 1. The highest BCUT2D eigenvalue weighted by Crippen LogP contribution is 2.34. The number of imidazole rings is 1. The number of para-hydroxylation sites is 1. The number of urea groups is 1. The van der Waals surface area contributed by atoms with Gasteiger partial charge in [0.1, 0.15) is 0 Å². The van der Waals surface area contributed by atoms with Crippen molar-refractivity contribution in [1.29, 1.82) is 0 Å². The molecule has 5 heterocycles. The number of aromatic nitrogens is 2. The number of piperidine rings is 3. The Morgan fingerprint density at radius 1 is 0.917 bits per heavy atom. The lowest BCUT2D eigenvalue weighted by atomic mass is 9.79. The van der Waals surface area contributed by atoms with Crippen molar-refractivity contribution >= 4 is 34.8 Å². The van der Waals surface area contributed by atoms with Gasteiger partial charge in [0.25, 0.3) is 5.91 Å². The van der Waals surface area contributed by atoms with Gasteiger partial charge in [-0.25, -0.2) is 14.6 Å². The van der Waals surface area contributed by atoms with Gasteiger partial charge in [0.15, 0.2) is 6.10 Å². The second kappa shape index (κ2) is 14.2. The van der Waals surface area contributed by atoms with Crippen LogP contribution < -0.4 is 10.6 Å². The number of carbonyl (C=O) groups is 3. The van der Waals surface area contributed by atoms with E-state index in [9.17, 15) is 14.4 Å². The van der Waals surface area contributed by atoms with Gasteiger partial charge in [-0.05, 0) is 106 Å². The first kappa shape index (κ1) is 32.4. The Morgan fingerprint density at radius 2 is 1.62 bits per heavy atom. The second-order valence-corrected chi connectivity index (χ2v) is 14.2. The minimum absolute atomic E-state index is 0.0325. The first-order valence-corrected chi connectivity index (χ1v) is 17.9. The summed E-state index contributed by atoms with van der Waals surface area (Å²) < 4.78 is 6.23. The van der Waals surface area contributed by atoms with Crippen molar-refractivity contribution in [3.05, 3.63) is 59.4 Å². The summed E-state index contributed by atoms with van der Waals surface area (Å²) in [5.41, 5.74) is 5.76. The highest BCUT2D eigenvalue weighted by molar-refractivity contribution is 5.91.